The number of aromatic nitrogens is 4. The molecule has 3 aliphatic rings. The molecule has 12 heteroatoms. The number of halogens is 1. The molecule has 1 aliphatic carbocycles. The number of benzene rings is 1. The van der Waals surface area contributed by atoms with Crippen molar-refractivity contribution in [3.63, 3.8) is 0 Å². The van der Waals surface area contributed by atoms with Crippen LogP contribution < -0.4 is 15.5 Å². The third-order valence-corrected chi connectivity index (χ3v) is 7.19. The molecule has 2 N–H and O–H groups in total. The minimum Gasteiger partial charge on any atom is -0.377 e. The molecule has 11 nitrogen and oxygen atoms in total. The van der Waals surface area contributed by atoms with Gasteiger partial charge in [-0.15, -0.1) is 5.10 Å². The van der Waals surface area contributed by atoms with Gasteiger partial charge in [0.05, 0.1) is 40.3 Å². The second-order valence-electron chi connectivity index (χ2n) is 9.36. The first-order chi connectivity index (χ1) is 17.6. The second-order valence-corrected chi connectivity index (χ2v) is 9.73. The van der Waals surface area contributed by atoms with Crippen molar-refractivity contribution in [2.24, 2.45) is 0 Å². The van der Waals surface area contributed by atoms with Gasteiger partial charge in [-0.1, -0.05) is 11.6 Å². The number of hydrogen-bond acceptors (Lipinski definition) is 10. The van der Waals surface area contributed by atoms with Crippen LogP contribution in [-0.4, -0.2) is 76.0 Å². The molecule has 0 bridgehead atoms. The zero-order chi connectivity index (χ0) is 24.6. The Kier molecular flexibility index (Phi) is 5.97. The maximum Gasteiger partial charge on any atom is 0.247 e. The quantitative estimate of drug-likeness (QED) is 0.495. The molecule has 1 aromatic carbocycles. The molecular weight excluding hydrogens is 480 g/mol. The van der Waals surface area contributed by atoms with Crippen LogP contribution in [0, 0.1) is 22.7 Å². The molecule has 36 heavy (non-hydrogen) atoms. The van der Waals surface area contributed by atoms with Gasteiger partial charge < -0.3 is 20.3 Å². The first-order valence-electron chi connectivity index (χ1n) is 12.1. The first kappa shape index (κ1) is 22.8. The summed E-state index contributed by atoms with van der Waals surface area (Å²) in [6, 6.07) is 8.20. The van der Waals surface area contributed by atoms with E-state index in [1.54, 1.807) is 6.07 Å². The predicted molar refractivity (Wildman–Crippen MR) is 135 cm³/mol. The minimum absolute atomic E-state index is 0.258. The normalized spacial score (nSPS) is 20.0. The van der Waals surface area contributed by atoms with Gasteiger partial charge in [0.2, 0.25) is 5.95 Å². The summed E-state index contributed by atoms with van der Waals surface area (Å²) in [6.07, 6.45) is 5.08. The lowest BCUT2D eigenvalue weighted by Gasteiger charge is -2.39. The van der Waals surface area contributed by atoms with Crippen LogP contribution in [0.15, 0.2) is 18.3 Å². The van der Waals surface area contributed by atoms with Gasteiger partial charge in [0.15, 0.2) is 17.2 Å². The minimum atomic E-state index is 0.258. The van der Waals surface area contributed by atoms with Crippen LogP contribution >= 0.6 is 11.6 Å². The predicted octanol–water partition coefficient (Wildman–Crippen LogP) is 2.75. The smallest absolute Gasteiger partial charge is 0.247 e. The standard InChI is InChI=1S/C24H25ClN10O/c25-21-19(30-24-31-22(29-16-1-2-16)23-28-13-17(12-27)35(23)32-24)9-15(11-26)10-20(21)34-6-4-33(5-7-34)14-18-3-8-36-18/h9-10,13,16,18H,1-8,14H2,(H2,29,30,31,32). The van der Waals surface area contributed by atoms with E-state index in [1.807, 2.05) is 6.07 Å². The fraction of sp³-hybridized carbons (Fsp3) is 0.458. The van der Waals surface area contributed by atoms with Crippen LogP contribution in [0.25, 0.3) is 5.65 Å². The summed E-state index contributed by atoms with van der Waals surface area (Å²) in [5, 5.41) is 30.7. The molecule has 2 aliphatic heterocycles. The van der Waals surface area contributed by atoms with Crippen LogP contribution in [0.5, 0.6) is 0 Å². The van der Waals surface area contributed by atoms with Crippen molar-refractivity contribution >= 4 is 40.4 Å². The summed E-state index contributed by atoms with van der Waals surface area (Å²) >= 11 is 6.87. The largest absolute Gasteiger partial charge is 0.377 e. The number of fused-ring (bicyclic) bond motifs is 1. The number of imidazole rings is 1. The number of piperazine rings is 1. The number of hydrogen-bond donors (Lipinski definition) is 2. The van der Waals surface area contributed by atoms with Crippen LogP contribution in [-0.2, 0) is 4.74 Å². The molecule has 2 aromatic heterocycles. The highest BCUT2D eigenvalue weighted by Crippen LogP contribution is 2.37. The molecule has 0 radical (unpaired) electrons. The van der Waals surface area contributed by atoms with Crippen LogP contribution in [0.1, 0.15) is 30.5 Å². The van der Waals surface area contributed by atoms with Crippen LogP contribution in [0.2, 0.25) is 5.02 Å². The molecule has 6 rings (SSSR count). The molecule has 1 unspecified atom stereocenters. The van der Waals surface area contributed by atoms with Crippen molar-refractivity contribution in [2.45, 2.75) is 31.4 Å². The monoisotopic (exact) mass is 504 g/mol. The van der Waals surface area contributed by atoms with E-state index >= 15 is 0 Å². The first-order valence-corrected chi connectivity index (χ1v) is 12.5. The number of anilines is 4. The summed E-state index contributed by atoms with van der Waals surface area (Å²) in [7, 11) is 0. The van der Waals surface area contributed by atoms with E-state index < -0.39 is 0 Å². The number of rotatable bonds is 7. The number of ether oxygens (including phenoxy) is 1. The number of nitrogens with one attached hydrogen (secondary N) is 2. The molecular formula is C24H25ClN10O. The van der Waals surface area contributed by atoms with Gasteiger partial charge in [-0.05, 0) is 31.4 Å². The summed E-state index contributed by atoms with van der Waals surface area (Å²) < 4.78 is 7.04. The van der Waals surface area contributed by atoms with E-state index in [4.69, 9.17) is 16.3 Å². The van der Waals surface area contributed by atoms with Crippen molar-refractivity contribution < 1.29 is 4.74 Å². The SMILES string of the molecule is N#Cc1cc(Nc2nc(NC3CC3)c3ncc(C#N)n3n2)c(Cl)c(N2CCN(CC3CCO3)CC2)c1. The molecule has 1 saturated carbocycles. The fourth-order valence-corrected chi connectivity index (χ4v) is 4.81. The summed E-state index contributed by atoms with van der Waals surface area (Å²) in [5.74, 6) is 0.809. The number of nitriles is 2. The van der Waals surface area contributed by atoms with E-state index in [-0.39, 0.29) is 5.95 Å². The van der Waals surface area contributed by atoms with Crippen molar-refractivity contribution in [3.05, 3.63) is 34.6 Å². The Labute approximate surface area is 213 Å². The van der Waals surface area contributed by atoms with Gasteiger partial charge in [0, 0.05) is 45.4 Å². The second kappa shape index (κ2) is 9.43. The highest BCUT2D eigenvalue weighted by Gasteiger charge is 2.27. The Morgan fingerprint density at radius 3 is 2.58 bits per heavy atom. The topological polar surface area (TPSA) is 130 Å². The zero-order valence-electron chi connectivity index (χ0n) is 19.6. The third-order valence-electron chi connectivity index (χ3n) is 6.79. The Hall–Kier alpha value is -3.64. The van der Waals surface area contributed by atoms with Crippen molar-refractivity contribution in [3.8, 4) is 12.1 Å². The van der Waals surface area contributed by atoms with E-state index in [0.717, 1.165) is 64.3 Å². The van der Waals surface area contributed by atoms with Crippen LogP contribution in [0.3, 0.4) is 0 Å². The molecule has 4 heterocycles. The van der Waals surface area contributed by atoms with Crippen molar-refractivity contribution in [2.75, 3.05) is 54.9 Å². The van der Waals surface area contributed by atoms with Crippen LogP contribution in [0.4, 0.5) is 23.1 Å². The van der Waals surface area contributed by atoms with Crippen molar-refractivity contribution in [1.29, 1.82) is 10.5 Å². The maximum absolute atomic E-state index is 9.70. The average Bonchev–Trinajstić information content (AvgIpc) is 3.59. The van der Waals surface area contributed by atoms with Gasteiger partial charge in [-0.3, -0.25) is 4.90 Å². The Balaban J connectivity index is 1.27. The average molecular weight is 505 g/mol. The summed E-state index contributed by atoms with van der Waals surface area (Å²) in [6.45, 7) is 5.25. The summed E-state index contributed by atoms with van der Waals surface area (Å²) in [5.41, 5.74) is 2.62. The molecule has 2 saturated heterocycles. The highest BCUT2D eigenvalue weighted by atomic mass is 35.5. The summed E-state index contributed by atoms with van der Waals surface area (Å²) in [4.78, 5) is 13.5. The number of nitrogens with zero attached hydrogens (tertiary/aromatic N) is 8. The fourth-order valence-electron chi connectivity index (χ4n) is 4.53. The Morgan fingerprint density at radius 1 is 1.11 bits per heavy atom. The molecule has 1 atom stereocenters. The van der Waals surface area contributed by atoms with Gasteiger partial charge in [0.25, 0.3) is 0 Å². The zero-order valence-corrected chi connectivity index (χ0v) is 20.4. The molecule has 0 spiro atoms. The molecule has 3 aromatic rings. The molecule has 0 amide bonds. The lowest BCUT2D eigenvalue weighted by molar-refractivity contribution is -0.0671. The maximum atomic E-state index is 9.70. The van der Waals surface area contributed by atoms with Gasteiger partial charge in [-0.2, -0.15) is 20.0 Å². The molecule has 184 valence electrons. The molecule has 3 fully saturated rings. The van der Waals surface area contributed by atoms with Gasteiger partial charge in [0.1, 0.15) is 6.07 Å². The Morgan fingerprint density at radius 2 is 1.92 bits per heavy atom. The lowest BCUT2D eigenvalue weighted by Crippen LogP contribution is -2.50. The van der Waals surface area contributed by atoms with Crippen molar-refractivity contribution in [1.82, 2.24) is 24.5 Å². The highest BCUT2D eigenvalue weighted by molar-refractivity contribution is 6.36. The third kappa shape index (κ3) is 4.49. The lowest BCUT2D eigenvalue weighted by atomic mass is 10.1. The van der Waals surface area contributed by atoms with E-state index in [2.05, 4.69) is 47.6 Å². The van der Waals surface area contributed by atoms with Gasteiger partial charge >= 0.3 is 0 Å². The Bertz CT molecular complexity index is 1380. The van der Waals surface area contributed by atoms with E-state index in [9.17, 15) is 10.5 Å². The van der Waals surface area contributed by atoms with Gasteiger partial charge in [-0.25, -0.2) is 4.98 Å². The van der Waals surface area contributed by atoms with E-state index in [1.165, 1.54) is 10.7 Å². The van der Waals surface area contributed by atoms with E-state index in [0.29, 0.717) is 45.6 Å².